The Morgan fingerprint density at radius 2 is 0.886 bits per heavy atom. The third-order valence-electron chi connectivity index (χ3n) is 9.47. The van der Waals surface area contributed by atoms with Gasteiger partial charge in [0.25, 0.3) is 0 Å². The summed E-state index contributed by atoms with van der Waals surface area (Å²) < 4.78 is 4.88. The number of fused-ring (bicyclic) bond motifs is 12. The lowest BCUT2D eigenvalue weighted by Gasteiger charge is -2.13. The fourth-order valence-electron chi connectivity index (χ4n) is 7.58. The van der Waals surface area contributed by atoms with E-state index in [0.29, 0.717) is 0 Å². The maximum Gasteiger partial charge on any atom is 0.0625 e. The van der Waals surface area contributed by atoms with Gasteiger partial charge in [-0.2, -0.15) is 0 Å². The van der Waals surface area contributed by atoms with Gasteiger partial charge in [-0.05, 0) is 69.4 Å². The van der Waals surface area contributed by atoms with Gasteiger partial charge in [0.05, 0.1) is 22.1 Å². The van der Waals surface area contributed by atoms with Crippen molar-refractivity contribution >= 4 is 75.9 Å². The highest BCUT2D eigenvalue weighted by Gasteiger charge is 2.19. The smallest absolute Gasteiger partial charge is 0.0625 e. The van der Waals surface area contributed by atoms with Gasteiger partial charge in [-0.1, -0.05) is 115 Å². The molecule has 0 bridgehead atoms. The highest BCUT2D eigenvalue weighted by Crippen LogP contribution is 2.42. The summed E-state index contributed by atoms with van der Waals surface area (Å²) >= 11 is 0. The first-order valence-corrected chi connectivity index (χ1v) is 15.2. The third kappa shape index (κ3) is 3.14. The van der Waals surface area contributed by atoms with Crippen molar-refractivity contribution in [3.8, 4) is 11.4 Å². The topological polar surface area (TPSA) is 9.86 Å². The molecule has 0 radical (unpaired) electrons. The second-order valence-corrected chi connectivity index (χ2v) is 11.7. The molecule has 0 saturated carbocycles. The molecule has 2 aromatic heterocycles. The van der Waals surface area contributed by atoms with Gasteiger partial charge in [-0.25, -0.2) is 0 Å². The van der Waals surface area contributed by atoms with E-state index in [2.05, 4.69) is 167 Å². The Morgan fingerprint density at radius 1 is 0.295 bits per heavy atom. The largest absolute Gasteiger partial charge is 0.309 e. The SMILES string of the molecule is c1ccc(-n2c3ccccc3c3cc(-n4c5ccccc5c5ccc6ccc7c8ccccc8ccc7c6c54)ccc32)cc1. The van der Waals surface area contributed by atoms with Crippen LogP contribution < -0.4 is 0 Å². The fraction of sp³-hybridized carbons (Fsp3) is 0. The lowest BCUT2D eigenvalue weighted by atomic mass is 9.95. The van der Waals surface area contributed by atoms with E-state index >= 15 is 0 Å². The van der Waals surface area contributed by atoms with Crippen molar-refractivity contribution in [2.75, 3.05) is 0 Å². The van der Waals surface area contributed by atoms with Crippen LogP contribution in [0.1, 0.15) is 0 Å². The van der Waals surface area contributed by atoms with E-state index in [4.69, 9.17) is 0 Å². The Labute approximate surface area is 253 Å². The van der Waals surface area contributed by atoms with Gasteiger partial charge in [-0.15, -0.1) is 0 Å². The monoisotopic (exact) mass is 558 g/mol. The molecule has 0 amide bonds. The van der Waals surface area contributed by atoms with Crippen molar-refractivity contribution in [3.63, 3.8) is 0 Å². The highest BCUT2D eigenvalue weighted by atomic mass is 15.0. The molecule has 44 heavy (non-hydrogen) atoms. The Balaban J connectivity index is 1.37. The molecule has 2 heteroatoms. The molecule has 0 unspecified atom stereocenters. The Kier molecular flexibility index (Phi) is 4.75. The summed E-state index contributed by atoms with van der Waals surface area (Å²) in [6, 6.07) is 57.8. The quantitative estimate of drug-likeness (QED) is 0.187. The van der Waals surface area contributed by atoms with Gasteiger partial charge in [0.1, 0.15) is 0 Å². The predicted molar refractivity (Wildman–Crippen MR) is 188 cm³/mol. The van der Waals surface area contributed by atoms with Crippen LogP contribution >= 0.6 is 0 Å². The first kappa shape index (κ1) is 23.7. The van der Waals surface area contributed by atoms with Gasteiger partial charge < -0.3 is 9.13 Å². The molecule has 0 fully saturated rings. The van der Waals surface area contributed by atoms with Crippen molar-refractivity contribution < 1.29 is 0 Å². The number of aromatic nitrogens is 2. The van der Waals surface area contributed by atoms with Crippen LogP contribution in [0, 0.1) is 0 Å². The molecule has 2 nitrogen and oxygen atoms in total. The van der Waals surface area contributed by atoms with Crippen LogP contribution in [0.25, 0.3) is 87.3 Å². The van der Waals surface area contributed by atoms with Gasteiger partial charge in [0, 0.05) is 38.3 Å². The molecule has 0 N–H and O–H groups in total. The molecule has 0 aliphatic rings. The molecular weight excluding hydrogens is 532 g/mol. The average molecular weight is 559 g/mol. The molecule has 0 atom stereocenters. The molecule has 8 aromatic carbocycles. The number of nitrogens with zero attached hydrogens (tertiary/aromatic N) is 2. The van der Waals surface area contributed by atoms with Gasteiger partial charge in [-0.3, -0.25) is 0 Å². The molecule has 2 heterocycles. The first-order chi connectivity index (χ1) is 21.8. The van der Waals surface area contributed by atoms with E-state index in [1.54, 1.807) is 0 Å². The van der Waals surface area contributed by atoms with Crippen LogP contribution in [0.5, 0.6) is 0 Å². The molecule has 0 saturated heterocycles. The number of benzene rings is 8. The number of hydrogen-bond acceptors (Lipinski definition) is 0. The minimum absolute atomic E-state index is 1.17. The van der Waals surface area contributed by atoms with Gasteiger partial charge >= 0.3 is 0 Å². The summed E-state index contributed by atoms with van der Waals surface area (Å²) in [4.78, 5) is 0. The summed E-state index contributed by atoms with van der Waals surface area (Å²) in [5, 5.41) is 12.8. The molecular formula is C42H26N2. The Bertz CT molecular complexity index is 2760. The average Bonchev–Trinajstić information content (AvgIpc) is 3.61. The summed E-state index contributed by atoms with van der Waals surface area (Å²) in [7, 11) is 0. The zero-order valence-electron chi connectivity index (χ0n) is 23.9. The molecule has 204 valence electrons. The maximum absolute atomic E-state index is 2.50. The number of rotatable bonds is 2. The fourth-order valence-corrected chi connectivity index (χ4v) is 7.58. The second-order valence-electron chi connectivity index (χ2n) is 11.7. The Morgan fingerprint density at radius 3 is 1.70 bits per heavy atom. The first-order valence-electron chi connectivity index (χ1n) is 15.2. The molecule has 10 aromatic rings. The third-order valence-corrected chi connectivity index (χ3v) is 9.47. The lowest BCUT2D eigenvalue weighted by molar-refractivity contribution is 1.17. The number of para-hydroxylation sites is 3. The van der Waals surface area contributed by atoms with Crippen LogP contribution in [0.2, 0.25) is 0 Å². The van der Waals surface area contributed by atoms with E-state index in [0.717, 1.165) is 0 Å². The van der Waals surface area contributed by atoms with Crippen molar-refractivity contribution in [1.82, 2.24) is 9.13 Å². The van der Waals surface area contributed by atoms with Crippen LogP contribution in [0.3, 0.4) is 0 Å². The van der Waals surface area contributed by atoms with E-state index < -0.39 is 0 Å². The summed E-state index contributed by atoms with van der Waals surface area (Å²) in [6.07, 6.45) is 0. The molecule has 0 spiro atoms. The number of hydrogen-bond donors (Lipinski definition) is 0. The maximum atomic E-state index is 2.50. The van der Waals surface area contributed by atoms with Crippen molar-refractivity contribution in [2.45, 2.75) is 0 Å². The molecule has 0 aliphatic heterocycles. The van der Waals surface area contributed by atoms with Crippen molar-refractivity contribution in [3.05, 3.63) is 158 Å². The van der Waals surface area contributed by atoms with Crippen molar-refractivity contribution in [2.24, 2.45) is 0 Å². The van der Waals surface area contributed by atoms with Crippen LogP contribution in [0.4, 0.5) is 0 Å². The van der Waals surface area contributed by atoms with E-state index in [9.17, 15) is 0 Å². The van der Waals surface area contributed by atoms with E-state index in [-0.39, 0.29) is 0 Å². The minimum atomic E-state index is 1.17. The van der Waals surface area contributed by atoms with Crippen molar-refractivity contribution in [1.29, 1.82) is 0 Å². The van der Waals surface area contributed by atoms with Crippen LogP contribution in [-0.4, -0.2) is 9.13 Å². The zero-order chi connectivity index (χ0) is 28.8. The lowest BCUT2D eigenvalue weighted by Crippen LogP contribution is -1.96. The van der Waals surface area contributed by atoms with Gasteiger partial charge in [0.15, 0.2) is 0 Å². The molecule has 0 aliphatic carbocycles. The standard InChI is InChI=1S/C42H26N2/c1-2-11-29(12-3-1)43-38-16-8-7-15-34(38)37-26-30(21-25-40(37)43)44-39-17-9-6-14-33(39)36-24-20-28-19-22-32-31-13-5-4-10-27(31)18-23-35(32)41(28)42(36)44/h1-26H. The predicted octanol–water partition coefficient (Wildman–Crippen LogP) is 11.3. The van der Waals surface area contributed by atoms with E-state index in [1.807, 2.05) is 0 Å². The minimum Gasteiger partial charge on any atom is -0.309 e. The van der Waals surface area contributed by atoms with E-state index in [1.165, 1.54) is 87.3 Å². The molecule has 10 rings (SSSR count). The van der Waals surface area contributed by atoms with Gasteiger partial charge in [0.2, 0.25) is 0 Å². The zero-order valence-corrected chi connectivity index (χ0v) is 23.9. The summed E-state index contributed by atoms with van der Waals surface area (Å²) in [5.74, 6) is 0. The summed E-state index contributed by atoms with van der Waals surface area (Å²) in [6.45, 7) is 0. The normalized spacial score (nSPS) is 12.1. The second kappa shape index (κ2) is 8.82. The van der Waals surface area contributed by atoms with Crippen LogP contribution in [-0.2, 0) is 0 Å². The summed E-state index contributed by atoms with van der Waals surface area (Å²) in [5.41, 5.74) is 7.26. The Hall–Kier alpha value is -5.86. The highest BCUT2D eigenvalue weighted by molar-refractivity contribution is 6.28. The van der Waals surface area contributed by atoms with Crippen LogP contribution in [0.15, 0.2) is 158 Å².